The monoisotopic (exact) mass is 279 g/mol. The fourth-order valence-corrected chi connectivity index (χ4v) is 2.56. The topological polar surface area (TPSA) is 76.2 Å². The Morgan fingerprint density at radius 2 is 2.25 bits per heavy atom. The van der Waals surface area contributed by atoms with Gasteiger partial charge in [-0.3, -0.25) is 14.4 Å². The molecule has 20 heavy (non-hydrogen) atoms. The number of amides is 1. The molecule has 0 saturated carbocycles. The highest BCUT2D eigenvalue weighted by Gasteiger charge is 2.22. The minimum atomic E-state index is 0.139. The summed E-state index contributed by atoms with van der Waals surface area (Å²) in [6, 6.07) is 2.24. The van der Waals surface area contributed by atoms with Crippen molar-refractivity contribution < 1.29 is 4.79 Å². The van der Waals surface area contributed by atoms with Crippen LogP contribution < -0.4 is 11.1 Å². The van der Waals surface area contributed by atoms with Crippen LogP contribution in [0.3, 0.4) is 0 Å². The third-order valence-electron chi connectivity index (χ3n) is 3.78. The summed E-state index contributed by atoms with van der Waals surface area (Å²) in [5.74, 6) is 0.711. The molecule has 0 aromatic carbocycles. The van der Waals surface area contributed by atoms with Gasteiger partial charge in [-0.15, -0.1) is 0 Å². The van der Waals surface area contributed by atoms with Gasteiger partial charge in [0.1, 0.15) is 5.82 Å². The SMILES string of the molecule is CCCCNC(=O)CN1CCC(n2ccc(N)n2)CC1. The van der Waals surface area contributed by atoms with Crippen molar-refractivity contribution in [1.82, 2.24) is 20.0 Å². The molecule has 1 aromatic rings. The lowest BCUT2D eigenvalue weighted by atomic mass is 10.1. The molecule has 2 rings (SSSR count). The third-order valence-corrected chi connectivity index (χ3v) is 3.78. The first kappa shape index (κ1) is 14.8. The van der Waals surface area contributed by atoms with E-state index in [-0.39, 0.29) is 5.91 Å². The lowest BCUT2D eigenvalue weighted by molar-refractivity contribution is -0.122. The number of hydrogen-bond donors (Lipinski definition) is 2. The third kappa shape index (κ3) is 4.23. The molecule has 112 valence electrons. The fourth-order valence-electron chi connectivity index (χ4n) is 2.56. The summed E-state index contributed by atoms with van der Waals surface area (Å²) in [5.41, 5.74) is 5.64. The second-order valence-electron chi connectivity index (χ2n) is 5.43. The Balaban J connectivity index is 1.70. The van der Waals surface area contributed by atoms with Crippen LogP contribution in [0, 0.1) is 0 Å². The van der Waals surface area contributed by atoms with Gasteiger partial charge in [0.05, 0.1) is 12.6 Å². The van der Waals surface area contributed by atoms with Crippen molar-refractivity contribution in [3.05, 3.63) is 12.3 Å². The number of nitrogens with two attached hydrogens (primary N) is 1. The van der Waals surface area contributed by atoms with Crippen molar-refractivity contribution in [2.75, 3.05) is 31.9 Å². The Hall–Kier alpha value is -1.56. The summed E-state index contributed by atoms with van der Waals surface area (Å²) in [4.78, 5) is 14.0. The Labute approximate surface area is 120 Å². The van der Waals surface area contributed by atoms with Crippen molar-refractivity contribution in [3.8, 4) is 0 Å². The van der Waals surface area contributed by atoms with Crippen LogP contribution >= 0.6 is 0 Å². The Morgan fingerprint density at radius 3 is 2.85 bits per heavy atom. The van der Waals surface area contributed by atoms with Gasteiger partial charge >= 0.3 is 0 Å². The van der Waals surface area contributed by atoms with Crippen LogP contribution in [0.5, 0.6) is 0 Å². The number of aromatic nitrogens is 2. The molecule has 2 heterocycles. The number of unbranched alkanes of at least 4 members (excludes halogenated alkanes) is 1. The van der Waals surface area contributed by atoms with Crippen LogP contribution in [0.25, 0.3) is 0 Å². The summed E-state index contributed by atoms with van der Waals surface area (Å²) in [6.07, 6.45) is 6.13. The van der Waals surface area contributed by atoms with Gasteiger partial charge in [-0.1, -0.05) is 13.3 Å². The van der Waals surface area contributed by atoms with Crippen molar-refractivity contribution >= 4 is 11.7 Å². The van der Waals surface area contributed by atoms with E-state index in [9.17, 15) is 4.79 Å². The molecule has 0 aliphatic carbocycles. The number of carbonyl (C=O) groups is 1. The van der Waals surface area contributed by atoms with Gasteiger partial charge in [0.15, 0.2) is 0 Å². The molecule has 1 aromatic heterocycles. The highest BCUT2D eigenvalue weighted by Crippen LogP contribution is 2.21. The molecule has 0 unspecified atom stereocenters. The summed E-state index contributed by atoms with van der Waals surface area (Å²) >= 11 is 0. The Morgan fingerprint density at radius 1 is 1.50 bits per heavy atom. The molecule has 1 fully saturated rings. The second kappa shape index (κ2) is 7.28. The summed E-state index contributed by atoms with van der Waals surface area (Å²) in [5, 5.41) is 7.23. The van der Waals surface area contributed by atoms with Crippen molar-refractivity contribution in [2.45, 2.75) is 38.6 Å². The Bertz CT molecular complexity index is 423. The predicted molar refractivity (Wildman–Crippen MR) is 79.3 cm³/mol. The Kier molecular flexibility index (Phi) is 5.40. The molecule has 0 bridgehead atoms. The number of nitrogen functional groups attached to an aromatic ring is 1. The molecule has 0 atom stereocenters. The second-order valence-corrected chi connectivity index (χ2v) is 5.43. The van der Waals surface area contributed by atoms with Crippen LogP contribution in [0.4, 0.5) is 5.82 Å². The first-order valence-electron chi connectivity index (χ1n) is 7.48. The minimum Gasteiger partial charge on any atom is -0.382 e. The van der Waals surface area contributed by atoms with E-state index in [4.69, 9.17) is 5.73 Å². The molecule has 1 saturated heterocycles. The minimum absolute atomic E-state index is 0.139. The van der Waals surface area contributed by atoms with Crippen LogP contribution in [-0.2, 0) is 4.79 Å². The van der Waals surface area contributed by atoms with Gasteiger partial charge in [-0.2, -0.15) is 5.10 Å². The average Bonchev–Trinajstić information content (AvgIpc) is 2.86. The number of rotatable bonds is 6. The molecule has 1 amide bonds. The molecule has 1 aliphatic heterocycles. The van der Waals surface area contributed by atoms with E-state index in [2.05, 4.69) is 22.2 Å². The molecule has 6 heteroatoms. The standard InChI is InChI=1S/C14H25N5O/c1-2-3-7-16-14(20)11-18-8-4-12(5-9-18)19-10-6-13(15)17-19/h6,10,12H,2-5,7-9,11H2,1H3,(H2,15,17)(H,16,20). The van der Waals surface area contributed by atoms with Gasteiger partial charge in [0, 0.05) is 25.8 Å². The number of anilines is 1. The van der Waals surface area contributed by atoms with E-state index >= 15 is 0 Å². The van der Waals surface area contributed by atoms with Crippen LogP contribution in [0.15, 0.2) is 12.3 Å². The van der Waals surface area contributed by atoms with E-state index < -0.39 is 0 Å². The maximum Gasteiger partial charge on any atom is 0.234 e. The molecule has 1 aliphatic rings. The van der Waals surface area contributed by atoms with Gasteiger partial charge in [-0.05, 0) is 25.3 Å². The molecular formula is C14H25N5O. The molecule has 3 N–H and O–H groups in total. The lowest BCUT2D eigenvalue weighted by Crippen LogP contribution is -2.42. The maximum absolute atomic E-state index is 11.8. The van der Waals surface area contributed by atoms with Crippen molar-refractivity contribution in [1.29, 1.82) is 0 Å². The van der Waals surface area contributed by atoms with Crippen molar-refractivity contribution in [2.24, 2.45) is 0 Å². The van der Waals surface area contributed by atoms with Gasteiger partial charge in [0.2, 0.25) is 5.91 Å². The van der Waals surface area contributed by atoms with Gasteiger partial charge in [0.25, 0.3) is 0 Å². The molecular weight excluding hydrogens is 254 g/mol. The van der Waals surface area contributed by atoms with Crippen molar-refractivity contribution in [3.63, 3.8) is 0 Å². The highest BCUT2D eigenvalue weighted by molar-refractivity contribution is 5.77. The van der Waals surface area contributed by atoms with E-state index in [1.54, 1.807) is 0 Å². The van der Waals surface area contributed by atoms with Crippen LogP contribution in [0.2, 0.25) is 0 Å². The lowest BCUT2D eigenvalue weighted by Gasteiger charge is -2.31. The molecule has 0 radical (unpaired) electrons. The van der Waals surface area contributed by atoms with E-state index in [0.717, 1.165) is 45.3 Å². The largest absolute Gasteiger partial charge is 0.382 e. The van der Waals surface area contributed by atoms with Crippen LogP contribution in [-0.4, -0.2) is 46.8 Å². The number of nitrogens with one attached hydrogen (secondary N) is 1. The zero-order chi connectivity index (χ0) is 14.4. The number of carbonyl (C=O) groups excluding carboxylic acids is 1. The van der Waals surface area contributed by atoms with Crippen LogP contribution in [0.1, 0.15) is 38.6 Å². The van der Waals surface area contributed by atoms with Gasteiger partial charge in [-0.25, -0.2) is 0 Å². The summed E-state index contributed by atoms with van der Waals surface area (Å²) < 4.78 is 1.95. The normalized spacial score (nSPS) is 17.2. The highest BCUT2D eigenvalue weighted by atomic mass is 16.2. The first-order valence-corrected chi connectivity index (χ1v) is 7.48. The maximum atomic E-state index is 11.8. The summed E-state index contributed by atoms with van der Waals surface area (Å²) in [7, 11) is 0. The fraction of sp³-hybridized carbons (Fsp3) is 0.714. The predicted octanol–water partition coefficient (Wildman–Crippen LogP) is 1.02. The smallest absolute Gasteiger partial charge is 0.234 e. The zero-order valence-electron chi connectivity index (χ0n) is 12.2. The quantitative estimate of drug-likeness (QED) is 0.762. The number of hydrogen-bond acceptors (Lipinski definition) is 4. The number of nitrogens with zero attached hydrogens (tertiary/aromatic N) is 3. The molecule has 6 nitrogen and oxygen atoms in total. The van der Waals surface area contributed by atoms with E-state index in [1.165, 1.54) is 0 Å². The van der Waals surface area contributed by atoms with E-state index in [1.807, 2.05) is 16.9 Å². The molecule has 0 spiro atoms. The summed E-state index contributed by atoms with van der Waals surface area (Å²) in [6.45, 7) is 5.30. The average molecular weight is 279 g/mol. The first-order chi connectivity index (χ1) is 9.69. The number of likely N-dealkylation sites (tertiary alicyclic amines) is 1. The number of piperidine rings is 1. The zero-order valence-corrected chi connectivity index (χ0v) is 12.2. The van der Waals surface area contributed by atoms with Gasteiger partial charge < -0.3 is 11.1 Å². The van der Waals surface area contributed by atoms with E-state index in [0.29, 0.717) is 18.4 Å².